The molecular weight excluding hydrogens is 661 g/mol. The first-order valence-electron chi connectivity index (χ1n) is 15.1. The number of nitrogen functional groups attached to an aromatic ring is 1. The van der Waals surface area contributed by atoms with Crippen LogP contribution < -0.4 is 20.7 Å². The number of H-pyrrole nitrogens is 1. The lowest BCUT2D eigenvalue weighted by Gasteiger charge is -2.19. The number of hydrogen-bond donors (Lipinski definition) is 3. The molecule has 15 heteroatoms. The number of carbonyl (C=O) groups is 1. The van der Waals surface area contributed by atoms with E-state index in [1.54, 1.807) is 6.08 Å². The number of fused-ring (bicyclic) bond motifs is 3. The fourth-order valence-electron chi connectivity index (χ4n) is 4.94. The minimum Gasteiger partial charge on any atom is -0.471 e. The van der Waals surface area contributed by atoms with Gasteiger partial charge in [0.25, 0.3) is 0 Å². The van der Waals surface area contributed by atoms with Crippen molar-refractivity contribution in [3.05, 3.63) is 94.2 Å². The smallest absolute Gasteiger partial charge is 0.407 e. The van der Waals surface area contributed by atoms with Crippen LogP contribution in [0.25, 0.3) is 43.2 Å². The molecule has 0 fully saturated rings. The summed E-state index contributed by atoms with van der Waals surface area (Å²) < 4.78 is 13.3. The summed E-state index contributed by atoms with van der Waals surface area (Å²) in [7, 11) is 1.94. The van der Waals surface area contributed by atoms with Crippen molar-refractivity contribution in [1.82, 2.24) is 35.2 Å². The molecule has 4 aromatic heterocycles. The summed E-state index contributed by atoms with van der Waals surface area (Å²) in [5.74, 6) is 0.404. The number of likely N-dealkylation sites (N-methyl/N-ethyl adjacent to an activating group) is 1. The Kier molecular flexibility index (Phi) is 8.96. The maximum absolute atomic E-state index is 12.4. The number of imidazole rings is 1. The molecule has 0 aliphatic carbocycles. The number of nitrogens with zero attached hydrogens (tertiary/aromatic N) is 7. The number of hydrogen-bond acceptors (Lipinski definition) is 13. The molecule has 7 aromatic rings. The van der Waals surface area contributed by atoms with Gasteiger partial charge in [0.05, 0.1) is 38.9 Å². The molecule has 13 nitrogen and oxygen atoms in total. The number of anilines is 2. The van der Waals surface area contributed by atoms with Gasteiger partial charge in [-0.3, -0.25) is 0 Å². The highest BCUT2D eigenvalue weighted by Gasteiger charge is 2.13. The van der Waals surface area contributed by atoms with Crippen LogP contribution in [0.2, 0.25) is 0 Å². The highest BCUT2D eigenvalue weighted by molar-refractivity contribution is 7.20. The van der Waals surface area contributed by atoms with E-state index in [2.05, 4.69) is 36.3 Å². The van der Waals surface area contributed by atoms with E-state index in [9.17, 15) is 10.1 Å². The average molecular weight is 689 g/mol. The van der Waals surface area contributed by atoms with Gasteiger partial charge in [-0.05, 0) is 47.5 Å². The van der Waals surface area contributed by atoms with Crippen LogP contribution in [0.5, 0.6) is 5.88 Å². The van der Waals surface area contributed by atoms with E-state index < -0.39 is 6.09 Å². The second kappa shape index (κ2) is 13.9. The molecule has 4 N–H and O–H groups in total. The zero-order valence-corrected chi connectivity index (χ0v) is 27.7. The zero-order valence-electron chi connectivity index (χ0n) is 26.1. The van der Waals surface area contributed by atoms with Gasteiger partial charge in [-0.2, -0.15) is 15.2 Å². The number of amides is 1. The summed E-state index contributed by atoms with van der Waals surface area (Å²) in [5.41, 5.74) is 11.8. The molecule has 7 rings (SSSR count). The van der Waals surface area contributed by atoms with E-state index in [1.165, 1.54) is 29.0 Å². The predicted molar refractivity (Wildman–Crippen MR) is 191 cm³/mol. The quantitative estimate of drug-likeness (QED) is 0.132. The van der Waals surface area contributed by atoms with Crippen molar-refractivity contribution in [2.75, 3.05) is 30.8 Å². The molecule has 0 aliphatic heterocycles. The van der Waals surface area contributed by atoms with Crippen LogP contribution >= 0.6 is 22.7 Å². The Bertz CT molecular complexity index is 2320. The number of alkyl carbamates (subject to hydrolysis) is 1. The molecule has 0 bridgehead atoms. The molecule has 0 aliphatic rings. The number of nitrogens with two attached hydrogens (primary N) is 1. The predicted octanol–water partition coefficient (Wildman–Crippen LogP) is 6.16. The van der Waals surface area contributed by atoms with Crippen LogP contribution in [0.15, 0.2) is 73.1 Å². The molecule has 3 aromatic carbocycles. The monoisotopic (exact) mass is 688 g/mol. The number of nitriles is 1. The first-order chi connectivity index (χ1) is 23.9. The summed E-state index contributed by atoms with van der Waals surface area (Å²) in [4.78, 5) is 39.0. The van der Waals surface area contributed by atoms with E-state index >= 15 is 0 Å². The highest BCUT2D eigenvalue weighted by atomic mass is 32.1. The lowest BCUT2D eigenvalue weighted by Crippen LogP contribution is -2.28. The molecule has 0 spiro atoms. The van der Waals surface area contributed by atoms with Gasteiger partial charge in [0.1, 0.15) is 29.3 Å². The fraction of sp³-hybridized carbons (Fsp3) is 0.147. The highest BCUT2D eigenvalue weighted by Crippen LogP contribution is 2.31. The van der Waals surface area contributed by atoms with Gasteiger partial charge in [-0.1, -0.05) is 36.4 Å². The Balaban J connectivity index is 0.879. The third-order valence-electron chi connectivity index (χ3n) is 7.50. The van der Waals surface area contributed by atoms with Gasteiger partial charge in [0.2, 0.25) is 11.8 Å². The van der Waals surface area contributed by atoms with Crippen molar-refractivity contribution in [3.63, 3.8) is 0 Å². The normalized spacial score (nSPS) is 11.6. The SMILES string of the molecule is CN(CCOC(=O)NCc1ccc(COc2nc(N)nc3[nH]cnc23)cc1)c1ccc2nc(/C=C(\C#N)c3nc4ccccc4s3)sc2c1. The second-order valence-corrected chi connectivity index (χ2v) is 13.0. The molecule has 244 valence electrons. The van der Waals surface area contributed by atoms with Crippen LogP contribution in [-0.2, 0) is 17.9 Å². The van der Waals surface area contributed by atoms with Crippen molar-refractivity contribution in [1.29, 1.82) is 5.26 Å². The molecule has 1 amide bonds. The number of ether oxygens (including phenoxy) is 2. The number of para-hydroxylation sites is 1. The molecule has 4 heterocycles. The lowest BCUT2D eigenvalue weighted by atomic mass is 10.1. The van der Waals surface area contributed by atoms with Crippen LogP contribution in [0.1, 0.15) is 21.1 Å². The molecular formula is C34H28N10O3S2. The number of rotatable bonds is 11. The van der Waals surface area contributed by atoms with Gasteiger partial charge < -0.3 is 30.4 Å². The van der Waals surface area contributed by atoms with E-state index in [0.717, 1.165) is 42.3 Å². The number of allylic oxidation sites excluding steroid dienone is 1. The molecule has 0 radical (unpaired) electrons. The summed E-state index contributed by atoms with van der Waals surface area (Å²) >= 11 is 3.00. The standard InChI is InChI=1S/C34H28N10O3S2/c1-44(23-10-11-25-27(15-23)48-28(40-25)14-22(16-35)32-41-24-4-2-3-5-26(24)49-32)12-13-46-34(45)37-17-20-6-8-21(9-7-20)18-47-31-29-30(39-19-38-29)42-33(36)43-31/h2-11,14-15,19H,12-13,17-18H2,1H3,(H,37,45)(H3,36,38,39,42,43)/b22-14+. The van der Waals surface area contributed by atoms with Crippen molar-refractivity contribution >= 4 is 83.6 Å². The van der Waals surface area contributed by atoms with E-state index in [-0.39, 0.29) is 19.2 Å². The zero-order chi connectivity index (χ0) is 33.7. The Hall–Kier alpha value is -6.11. The third-order valence-corrected chi connectivity index (χ3v) is 9.54. The van der Waals surface area contributed by atoms with Gasteiger partial charge in [0.15, 0.2) is 11.2 Å². The largest absolute Gasteiger partial charge is 0.471 e. The summed E-state index contributed by atoms with van der Waals surface area (Å²) in [6.45, 7) is 1.29. The third kappa shape index (κ3) is 7.25. The first-order valence-corrected chi connectivity index (χ1v) is 16.7. The van der Waals surface area contributed by atoms with Gasteiger partial charge in [0, 0.05) is 19.3 Å². The molecule has 49 heavy (non-hydrogen) atoms. The fourth-order valence-corrected chi connectivity index (χ4v) is 6.82. The van der Waals surface area contributed by atoms with Crippen molar-refractivity contribution < 1.29 is 14.3 Å². The summed E-state index contributed by atoms with van der Waals surface area (Å²) in [6, 6.07) is 23.7. The summed E-state index contributed by atoms with van der Waals surface area (Å²) in [5, 5.41) is 14.0. The molecule has 0 saturated heterocycles. The van der Waals surface area contributed by atoms with Gasteiger partial charge in [-0.25, -0.2) is 19.7 Å². The minimum atomic E-state index is -0.499. The Morgan fingerprint density at radius 1 is 1.02 bits per heavy atom. The van der Waals surface area contributed by atoms with Gasteiger partial charge in [-0.15, -0.1) is 22.7 Å². The van der Waals surface area contributed by atoms with E-state index in [1.807, 2.05) is 78.7 Å². The maximum Gasteiger partial charge on any atom is 0.407 e. The molecule has 0 saturated carbocycles. The van der Waals surface area contributed by atoms with Gasteiger partial charge >= 0.3 is 6.09 Å². The van der Waals surface area contributed by atoms with E-state index in [0.29, 0.717) is 40.7 Å². The van der Waals surface area contributed by atoms with Crippen LogP contribution in [0.4, 0.5) is 16.4 Å². The number of aromatic nitrogens is 6. The lowest BCUT2D eigenvalue weighted by molar-refractivity contribution is 0.148. The Labute approximate surface area is 287 Å². The van der Waals surface area contributed by atoms with Crippen molar-refractivity contribution in [3.8, 4) is 11.9 Å². The molecule has 0 atom stereocenters. The van der Waals surface area contributed by atoms with Crippen LogP contribution in [0.3, 0.4) is 0 Å². The number of aromatic amines is 1. The van der Waals surface area contributed by atoms with Crippen molar-refractivity contribution in [2.45, 2.75) is 13.2 Å². The number of carbonyl (C=O) groups excluding carboxylic acids is 1. The topological polar surface area (TPSA) is 181 Å². The summed E-state index contributed by atoms with van der Waals surface area (Å²) in [6.07, 6.45) is 2.80. The Morgan fingerprint density at radius 3 is 2.67 bits per heavy atom. The minimum absolute atomic E-state index is 0.0978. The number of benzene rings is 3. The average Bonchev–Trinajstić information content (AvgIpc) is 3.86. The maximum atomic E-state index is 12.4. The Morgan fingerprint density at radius 2 is 1.84 bits per heavy atom. The second-order valence-electron chi connectivity index (χ2n) is 10.9. The number of nitrogens with one attached hydrogen (secondary N) is 2. The first kappa shape index (κ1) is 31.5. The van der Waals surface area contributed by atoms with Crippen LogP contribution in [0, 0.1) is 11.3 Å². The van der Waals surface area contributed by atoms with Crippen LogP contribution in [-0.4, -0.2) is 56.2 Å². The van der Waals surface area contributed by atoms with E-state index in [4.69, 9.17) is 20.2 Å². The van der Waals surface area contributed by atoms with Crippen molar-refractivity contribution in [2.24, 2.45) is 0 Å². The molecule has 0 unspecified atom stereocenters. The number of thiazole rings is 2.